The zero-order chi connectivity index (χ0) is 20.9. The first-order chi connectivity index (χ1) is 13.1. The number of rotatable bonds is 8. The van der Waals surface area contributed by atoms with E-state index in [-0.39, 0.29) is 25.0 Å². The topological polar surface area (TPSA) is 49.9 Å². The Hall–Kier alpha value is -1.32. The fourth-order valence-corrected chi connectivity index (χ4v) is 4.65. The highest BCUT2D eigenvalue weighted by atomic mass is 32.2. The molecule has 0 aliphatic carbocycles. The van der Waals surface area contributed by atoms with E-state index in [0.29, 0.717) is 17.1 Å². The van der Waals surface area contributed by atoms with Crippen molar-refractivity contribution in [3.8, 4) is 5.75 Å². The largest absolute Gasteiger partial charge is 0.511 e. The molecule has 0 aromatic heterocycles. The SMILES string of the molecule is CCN(CC1CCN(S(=O)(=O)C(F)(F)F)CC1)C(C)Cc1ccc(OC)cc1. The molecule has 1 unspecified atom stereocenters. The van der Waals surface area contributed by atoms with Gasteiger partial charge >= 0.3 is 15.5 Å². The van der Waals surface area contributed by atoms with E-state index < -0.39 is 15.5 Å². The molecule has 28 heavy (non-hydrogen) atoms. The lowest BCUT2D eigenvalue weighted by molar-refractivity contribution is -0.0498. The molecular formula is C19H29F3N2O3S. The van der Waals surface area contributed by atoms with Gasteiger partial charge in [-0.1, -0.05) is 19.1 Å². The Labute approximate surface area is 165 Å². The van der Waals surface area contributed by atoms with Crippen LogP contribution in [0.3, 0.4) is 0 Å². The summed E-state index contributed by atoms with van der Waals surface area (Å²) in [7, 11) is -3.58. The van der Waals surface area contributed by atoms with Crippen LogP contribution >= 0.6 is 0 Å². The van der Waals surface area contributed by atoms with Crippen LogP contribution in [-0.4, -0.2) is 62.5 Å². The predicted molar refractivity (Wildman–Crippen MR) is 103 cm³/mol. The fraction of sp³-hybridized carbons (Fsp3) is 0.684. The highest BCUT2D eigenvalue weighted by Crippen LogP contribution is 2.30. The average Bonchev–Trinajstić information content (AvgIpc) is 2.66. The maximum atomic E-state index is 12.7. The van der Waals surface area contributed by atoms with Gasteiger partial charge in [0, 0.05) is 25.7 Å². The summed E-state index contributed by atoms with van der Waals surface area (Å²) in [5, 5.41) is 0. The summed E-state index contributed by atoms with van der Waals surface area (Å²) in [5.41, 5.74) is -4.03. The van der Waals surface area contributed by atoms with Gasteiger partial charge in [0.05, 0.1) is 7.11 Å². The number of piperidine rings is 1. The molecule has 1 aromatic rings. The Morgan fingerprint density at radius 1 is 1.21 bits per heavy atom. The molecule has 0 saturated carbocycles. The van der Waals surface area contributed by atoms with Crippen molar-refractivity contribution in [1.82, 2.24) is 9.21 Å². The number of hydrogen-bond acceptors (Lipinski definition) is 4. The van der Waals surface area contributed by atoms with Crippen molar-refractivity contribution in [2.24, 2.45) is 5.92 Å². The molecule has 5 nitrogen and oxygen atoms in total. The third-order valence-electron chi connectivity index (χ3n) is 5.42. The maximum Gasteiger partial charge on any atom is 0.511 e. The number of alkyl halides is 3. The number of halogens is 3. The van der Waals surface area contributed by atoms with Gasteiger partial charge in [0.1, 0.15) is 5.75 Å². The molecule has 0 amide bonds. The van der Waals surface area contributed by atoms with Crippen LogP contribution in [-0.2, 0) is 16.4 Å². The third kappa shape index (κ3) is 5.61. The Morgan fingerprint density at radius 2 is 1.79 bits per heavy atom. The maximum absolute atomic E-state index is 12.7. The van der Waals surface area contributed by atoms with Crippen LogP contribution in [0.1, 0.15) is 32.3 Å². The number of likely N-dealkylation sites (N-methyl/N-ethyl adjacent to an activating group) is 1. The molecule has 1 heterocycles. The lowest BCUT2D eigenvalue weighted by Crippen LogP contribution is -2.47. The van der Waals surface area contributed by atoms with E-state index in [0.717, 1.165) is 25.3 Å². The number of methoxy groups -OCH3 is 1. The lowest BCUT2D eigenvalue weighted by atomic mass is 9.96. The second-order valence-electron chi connectivity index (χ2n) is 7.28. The van der Waals surface area contributed by atoms with Gasteiger partial charge in [-0.2, -0.15) is 17.5 Å². The second-order valence-corrected chi connectivity index (χ2v) is 9.21. The Morgan fingerprint density at radius 3 is 2.25 bits per heavy atom. The van der Waals surface area contributed by atoms with E-state index in [1.54, 1.807) is 7.11 Å². The number of ether oxygens (including phenoxy) is 1. The second kappa shape index (κ2) is 9.45. The summed E-state index contributed by atoms with van der Waals surface area (Å²) in [6, 6.07) is 8.19. The van der Waals surface area contributed by atoms with Crippen LogP contribution < -0.4 is 4.74 Å². The van der Waals surface area contributed by atoms with Crippen LogP contribution in [0, 0.1) is 5.92 Å². The Kier molecular flexibility index (Phi) is 7.75. The standard InChI is InChI=1S/C19H29F3N2O3S/c1-4-23(15(2)13-16-5-7-18(27-3)8-6-16)14-17-9-11-24(12-10-17)28(25,26)19(20,21)22/h5-8,15,17H,4,9-14H2,1-3H3. The number of benzene rings is 1. The van der Waals surface area contributed by atoms with Gasteiger partial charge < -0.3 is 9.64 Å². The van der Waals surface area contributed by atoms with Gasteiger partial charge in [-0.25, -0.2) is 8.42 Å². The zero-order valence-corrected chi connectivity index (χ0v) is 17.4. The summed E-state index contributed by atoms with van der Waals surface area (Å²) in [4.78, 5) is 2.31. The third-order valence-corrected chi connectivity index (χ3v) is 7.05. The normalized spacial score (nSPS) is 18.4. The lowest BCUT2D eigenvalue weighted by Gasteiger charge is -2.36. The summed E-state index contributed by atoms with van der Waals surface area (Å²) in [6.45, 7) is 5.64. The van der Waals surface area contributed by atoms with Crippen LogP contribution in [0.25, 0.3) is 0 Å². The van der Waals surface area contributed by atoms with Gasteiger partial charge in [-0.15, -0.1) is 0 Å². The van der Waals surface area contributed by atoms with E-state index in [2.05, 4.69) is 18.7 Å². The molecule has 2 rings (SSSR count). The van der Waals surface area contributed by atoms with Crippen LogP contribution in [0.4, 0.5) is 13.2 Å². The molecule has 1 fully saturated rings. The Balaban J connectivity index is 1.89. The quantitative estimate of drug-likeness (QED) is 0.643. The average molecular weight is 423 g/mol. The Bertz CT molecular complexity index is 715. The van der Waals surface area contributed by atoms with Crippen molar-refractivity contribution >= 4 is 10.0 Å². The van der Waals surface area contributed by atoms with E-state index in [9.17, 15) is 21.6 Å². The molecule has 1 aromatic carbocycles. The summed E-state index contributed by atoms with van der Waals surface area (Å²) < 4.78 is 66.9. The van der Waals surface area contributed by atoms with Crippen molar-refractivity contribution in [3.63, 3.8) is 0 Å². The molecule has 0 N–H and O–H groups in total. The van der Waals surface area contributed by atoms with Gasteiger partial charge in [-0.3, -0.25) is 0 Å². The van der Waals surface area contributed by atoms with Crippen molar-refractivity contribution in [2.45, 2.75) is 44.7 Å². The van der Waals surface area contributed by atoms with E-state index in [4.69, 9.17) is 4.74 Å². The first-order valence-corrected chi connectivity index (χ1v) is 11.0. The highest BCUT2D eigenvalue weighted by molar-refractivity contribution is 7.90. The molecule has 1 atom stereocenters. The molecule has 0 radical (unpaired) electrons. The van der Waals surface area contributed by atoms with Crippen molar-refractivity contribution in [3.05, 3.63) is 29.8 Å². The fourth-order valence-electron chi connectivity index (χ4n) is 3.66. The van der Waals surface area contributed by atoms with E-state index in [1.165, 1.54) is 5.56 Å². The van der Waals surface area contributed by atoms with Crippen molar-refractivity contribution < 1.29 is 26.3 Å². The molecule has 1 aliphatic heterocycles. The van der Waals surface area contributed by atoms with E-state index >= 15 is 0 Å². The summed E-state index contributed by atoms with van der Waals surface area (Å²) in [5.74, 6) is 1.00. The van der Waals surface area contributed by atoms with Gasteiger partial charge in [-0.05, 0) is 56.3 Å². The minimum atomic E-state index is -5.22. The summed E-state index contributed by atoms with van der Waals surface area (Å²) in [6.07, 6.45) is 1.75. The molecule has 0 bridgehead atoms. The zero-order valence-electron chi connectivity index (χ0n) is 16.6. The van der Waals surface area contributed by atoms with Gasteiger partial charge in [0.15, 0.2) is 0 Å². The molecular weight excluding hydrogens is 393 g/mol. The molecule has 0 spiro atoms. The first kappa shape index (κ1) is 23.0. The molecule has 160 valence electrons. The smallest absolute Gasteiger partial charge is 0.497 e. The monoisotopic (exact) mass is 422 g/mol. The number of hydrogen-bond donors (Lipinski definition) is 0. The first-order valence-electron chi connectivity index (χ1n) is 9.51. The van der Waals surface area contributed by atoms with Crippen LogP contribution in [0.15, 0.2) is 24.3 Å². The number of nitrogens with zero attached hydrogens (tertiary/aromatic N) is 2. The predicted octanol–water partition coefficient (Wildman–Crippen LogP) is 3.51. The number of sulfonamides is 1. The van der Waals surface area contributed by atoms with Crippen molar-refractivity contribution in [2.75, 3.05) is 33.3 Å². The molecule has 1 saturated heterocycles. The highest BCUT2D eigenvalue weighted by Gasteiger charge is 2.50. The van der Waals surface area contributed by atoms with Gasteiger partial charge in [0.25, 0.3) is 0 Å². The minimum absolute atomic E-state index is 0.0725. The minimum Gasteiger partial charge on any atom is -0.497 e. The van der Waals surface area contributed by atoms with Crippen LogP contribution in [0.2, 0.25) is 0 Å². The van der Waals surface area contributed by atoms with Crippen LogP contribution in [0.5, 0.6) is 5.75 Å². The molecule has 1 aliphatic rings. The summed E-state index contributed by atoms with van der Waals surface area (Å²) >= 11 is 0. The van der Waals surface area contributed by atoms with Crippen molar-refractivity contribution in [1.29, 1.82) is 0 Å². The van der Waals surface area contributed by atoms with Gasteiger partial charge in [0.2, 0.25) is 0 Å². The molecule has 9 heteroatoms. The van der Waals surface area contributed by atoms with E-state index in [1.807, 2.05) is 24.3 Å².